The Bertz CT molecular complexity index is 1310. The number of rotatable bonds is 9. The number of carbonyl (C=O) groups is 1. The van der Waals surface area contributed by atoms with Crippen molar-refractivity contribution >= 4 is 48.1 Å². The number of amides is 1. The lowest BCUT2D eigenvalue weighted by Crippen LogP contribution is -2.24. The van der Waals surface area contributed by atoms with Crippen LogP contribution in [0.3, 0.4) is 0 Å². The fourth-order valence-corrected chi connectivity index (χ4v) is 5.52. The predicted octanol–water partition coefficient (Wildman–Crippen LogP) is 2.50. The topological polar surface area (TPSA) is 144 Å². The number of nitrogens with zero attached hydrogens (tertiary/aromatic N) is 1. The molecule has 0 aliphatic rings. The van der Waals surface area contributed by atoms with Crippen LogP contribution in [0.4, 0.5) is 10.8 Å². The van der Waals surface area contributed by atoms with E-state index in [9.17, 15) is 21.6 Å². The first-order valence-corrected chi connectivity index (χ1v) is 13.0. The Morgan fingerprint density at radius 3 is 2.25 bits per heavy atom. The molecule has 0 aliphatic carbocycles. The third-order valence-electron chi connectivity index (χ3n) is 4.13. The van der Waals surface area contributed by atoms with Crippen LogP contribution < -0.4 is 19.5 Å². The van der Waals surface area contributed by atoms with Crippen molar-refractivity contribution in [3.05, 3.63) is 59.6 Å². The Morgan fingerprint density at radius 1 is 1.00 bits per heavy atom. The van der Waals surface area contributed by atoms with Crippen LogP contribution in [0.25, 0.3) is 0 Å². The first-order valence-electron chi connectivity index (χ1n) is 9.17. The molecule has 170 valence electrons. The molecule has 2 aromatic carbocycles. The zero-order chi connectivity index (χ0) is 23.4. The molecule has 10 nitrogen and oxygen atoms in total. The molecular weight excluding hydrogens is 476 g/mol. The maximum atomic E-state index is 12.8. The number of anilines is 2. The van der Waals surface area contributed by atoms with E-state index in [2.05, 4.69) is 19.7 Å². The summed E-state index contributed by atoms with van der Waals surface area (Å²) in [5, 5.41) is 4.45. The van der Waals surface area contributed by atoms with Gasteiger partial charge in [-0.25, -0.2) is 21.8 Å². The number of benzene rings is 2. The van der Waals surface area contributed by atoms with Crippen LogP contribution in [0.15, 0.2) is 63.8 Å². The van der Waals surface area contributed by atoms with Crippen molar-refractivity contribution in [1.29, 1.82) is 0 Å². The molecule has 0 radical (unpaired) electrons. The lowest BCUT2D eigenvalue weighted by Gasteiger charge is -2.13. The van der Waals surface area contributed by atoms with Crippen LogP contribution in [-0.2, 0) is 20.0 Å². The van der Waals surface area contributed by atoms with Crippen LogP contribution in [0.5, 0.6) is 5.75 Å². The summed E-state index contributed by atoms with van der Waals surface area (Å²) in [5.41, 5.74) is 0.223. The Hall–Kier alpha value is -3.16. The van der Waals surface area contributed by atoms with Gasteiger partial charge < -0.3 is 10.1 Å². The number of methoxy groups -OCH3 is 1. The highest BCUT2D eigenvalue weighted by Gasteiger charge is 2.21. The smallest absolute Gasteiger partial charge is 0.263 e. The number of hydrogen-bond donors (Lipinski definition) is 3. The van der Waals surface area contributed by atoms with E-state index >= 15 is 0 Å². The molecule has 32 heavy (non-hydrogen) atoms. The van der Waals surface area contributed by atoms with Gasteiger partial charge in [-0.2, -0.15) is 0 Å². The summed E-state index contributed by atoms with van der Waals surface area (Å²) in [6.07, 6.45) is 1.47. The lowest BCUT2D eigenvalue weighted by molar-refractivity contribution is 0.0952. The molecule has 0 atom stereocenters. The minimum atomic E-state index is -4.06. The summed E-state index contributed by atoms with van der Waals surface area (Å²) in [6, 6.07) is 9.08. The molecule has 3 rings (SSSR count). The quantitative estimate of drug-likeness (QED) is 0.413. The fraction of sp³-hybridized carbons (Fsp3) is 0.158. The third kappa shape index (κ3) is 5.36. The third-order valence-corrected chi connectivity index (χ3v) is 7.69. The van der Waals surface area contributed by atoms with Gasteiger partial charge in [0.25, 0.3) is 26.0 Å². The monoisotopic (exact) mass is 496 g/mol. The molecule has 0 aliphatic heterocycles. The second-order valence-corrected chi connectivity index (χ2v) is 10.6. The molecule has 0 spiro atoms. The average Bonchev–Trinajstić information content (AvgIpc) is 3.26. The van der Waals surface area contributed by atoms with Crippen LogP contribution in [0.1, 0.15) is 17.3 Å². The second-order valence-electron chi connectivity index (χ2n) is 6.29. The van der Waals surface area contributed by atoms with Crippen LogP contribution >= 0.6 is 11.3 Å². The molecule has 1 heterocycles. The SMILES string of the molecule is CCNC(=O)c1cc(S(=O)(=O)Nc2ccc(S(=O)(=O)Nc3nccs3)cc2)ccc1OC. The molecule has 3 aromatic rings. The lowest BCUT2D eigenvalue weighted by atomic mass is 10.2. The van der Waals surface area contributed by atoms with E-state index in [4.69, 9.17) is 4.74 Å². The van der Waals surface area contributed by atoms with Crippen molar-refractivity contribution in [2.24, 2.45) is 0 Å². The summed E-state index contributed by atoms with van der Waals surface area (Å²) < 4.78 is 60.3. The number of nitrogens with one attached hydrogen (secondary N) is 3. The summed E-state index contributed by atoms with van der Waals surface area (Å²) in [7, 11) is -6.54. The highest BCUT2D eigenvalue weighted by molar-refractivity contribution is 7.93. The van der Waals surface area contributed by atoms with Gasteiger partial charge in [-0.3, -0.25) is 14.2 Å². The number of aromatic nitrogens is 1. The van der Waals surface area contributed by atoms with Gasteiger partial charge in [0.1, 0.15) is 5.75 Å². The highest BCUT2D eigenvalue weighted by atomic mass is 32.2. The largest absolute Gasteiger partial charge is 0.496 e. The number of sulfonamides is 2. The summed E-state index contributed by atoms with van der Waals surface area (Å²) in [5.74, 6) is -0.235. The van der Waals surface area contributed by atoms with E-state index in [1.54, 1.807) is 12.3 Å². The van der Waals surface area contributed by atoms with Gasteiger partial charge in [0.15, 0.2) is 5.13 Å². The molecule has 0 saturated heterocycles. The van der Waals surface area contributed by atoms with Gasteiger partial charge in [-0.1, -0.05) is 0 Å². The number of carbonyl (C=O) groups excluding carboxylic acids is 1. The summed E-state index contributed by atoms with van der Waals surface area (Å²) in [6.45, 7) is 2.10. The average molecular weight is 497 g/mol. The Kier molecular flexibility index (Phi) is 7.01. The van der Waals surface area contributed by atoms with Crippen molar-refractivity contribution in [3.63, 3.8) is 0 Å². The number of thiazole rings is 1. The minimum absolute atomic E-state index is 0.0568. The van der Waals surface area contributed by atoms with Gasteiger partial charge in [-0.15, -0.1) is 11.3 Å². The van der Waals surface area contributed by atoms with Crippen molar-refractivity contribution in [2.45, 2.75) is 16.7 Å². The van der Waals surface area contributed by atoms with Gasteiger partial charge >= 0.3 is 0 Å². The van der Waals surface area contributed by atoms with Crippen molar-refractivity contribution < 1.29 is 26.4 Å². The van der Waals surface area contributed by atoms with Gasteiger partial charge in [0, 0.05) is 23.8 Å². The van der Waals surface area contributed by atoms with E-state index < -0.39 is 26.0 Å². The normalized spacial score (nSPS) is 11.6. The van der Waals surface area contributed by atoms with E-state index in [-0.39, 0.29) is 31.9 Å². The van der Waals surface area contributed by atoms with Crippen LogP contribution in [0, 0.1) is 0 Å². The molecule has 13 heteroatoms. The molecule has 0 saturated carbocycles. The zero-order valence-corrected chi connectivity index (χ0v) is 19.5. The summed E-state index contributed by atoms with van der Waals surface area (Å²) >= 11 is 1.13. The Labute approximate surface area is 189 Å². The molecule has 3 N–H and O–H groups in total. The molecule has 0 bridgehead atoms. The Morgan fingerprint density at radius 2 is 1.66 bits per heavy atom. The maximum absolute atomic E-state index is 12.8. The van der Waals surface area contributed by atoms with Crippen molar-refractivity contribution in [1.82, 2.24) is 10.3 Å². The molecular formula is C19H20N4O6S3. The van der Waals surface area contributed by atoms with E-state index in [1.807, 2.05) is 0 Å². The fourth-order valence-electron chi connectivity index (χ4n) is 2.65. The van der Waals surface area contributed by atoms with Gasteiger partial charge in [-0.05, 0) is 49.4 Å². The molecule has 0 unspecified atom stereocenters. The van der Waals surface area contributed by atoms with Crippen molar-refractivity contribution in [2.75, 3.05) is 23.1 Å². The van der Waals surface area contributed by atoms with E-state index in [1.165, 1.54) is 55.8 Å². The standard InChI is InChI=1S/C19H20N4O6S3/c1-3-20-18(24)16-12-15(8-9-17(16)29-2)32(27,28)22-13-4-6-14(7-5-13)31(25,26)23-19-21-10-11-30-19/h4-12,22H,3H2,1-2H3,(H,20,24)(H,21,23). The molecule has 0 fully saturated rings. The second kappa shape index (κ2) is 9.54. The molecule has 1 amide bonds. The van der Waals surface area contributed by atoms with Gasteiger partial charge in [0.2, 0.25) is 0 Å². The first kappa shape index (κ1) is 23.5. The Balaban J connectivity index is 1.82. The maximum Gasteiger partial charge on any atom is 0.263 e. The zero-order valence-electron chi connectivity index (χ0n) is 17.0. The summed E-state index contributed by atoms with van der Waals surface area (Å²) in [4.78, 5) is 15.9. The number of hydrogen-bond acceptors (Lipinski definition) is 8. The minimum Gasteiger partial charge on any atom is -0.496 e. The van der Waals surface area contributed by atoms with Crippen molar-refractivity contribution in [3.8, 4) is 5.75 Å². The van der Waals surface area contributed by atoms with Crippen LogP contribution in [0.2, 0.25) is 0 Å². The van der Waals surface area contributed by atoms with E-state index in [0.717, 1.165) is 11.3 Å². The molecule has 1 aromatic heterocycles. The van der Waals surface area contributed by atoms with E-state index in [0.29, 0.717) is 6.54 Å². The number of ether oxygens (including phenoxy) is 1. The van der Waals surface area contributed by atoms with Gasteiger partial charge in [0.05, 0.1) is 22.5 Å². The first-order chi connectivity index (χ1) is 15.2. The highest BCUT2D eigenvalue weighted by Crippen LogP contribution is 2.25. The van der Waals surface area contributed by atoms with Crippen LogP contribution in [-0.4, -0.2) is 41.4 Å². The predicted molar refractivity (Wildman–Crippen MR) is 121 cm³/mol.